The zero-order valence-electron chi connectivity index (χ0n) is 10.2. The summed E-state index contributed by atoms with van der Waals surface area (Å²) in [7, 11) is 0. The highest BCUT2D eigenvalue weighted by atomic mass is 79.9. The first-order valence-electron chi connectivity index (χ1n) is 5.84. The van der Waals surface area contributed by atoms with Gasteiger partial charge in [-0.2, -0.15) is 0 Å². The molecule has 1 saturated heterocycles. The van der Waals surface area contributed by atoms with Crippen LogP contribution in [0.4, 0.5) is 0 Å². The largest absolute Gasteiger partial charge is 0.341 e. The Hall–Kier alpha value is -0.0500. The zero-order valence-corrected chi connectivity index (χ0v) is 11.8. The van der Waals surface area contributed by atoms with E-state index in [0.717, 1.165) is 13.1 Å². The fraction of sp³-hybridized carbons (Fsp3) is 0.917. The minimum absolute atomic E-state index is 0.0185. The molecule has 2 nitrogen and oxygen atoms in total. The Bertz CT molecular complexity index is 220. The molecule has 0 bridgehead atoms. The number of alkyl halides is 1. The number of likely N-dealkylation sites (tertiary alicyclic amines) is 1. The molecule has 0 radical (unpaired) electrons. The van der Waals surface area contributed by atoms with Crippen molar-refractivity contribution >= 4 is 21.8 Å². The number of piperidine rings is 1. The highest BCUT2D eigenvalue weighted by molar-refractivity contribution is 9.10. The Morgan fingerprint density at radius 1 is 1.27 bits per heavy atom. The van der Waals surface area contributed by atoms with Gasteiger partial charge in [0.05, 0.1) is 4.83 Å². The van der Waals surface area contributed by atoms with E-state index in [4.69, 9.17) is 0 Å². The molecule has 1 fully saturated rings. The van der Waals surface area contributed by atoms with Gasteiger partial charge >= 0.3 is 0 Å². The summed E-state index contributed by atoms with van der Waals surface area (Å²) in [5.74, 6) is 1.92. The normalized spacial score (nSPS) is 29.3. The highest BCUT2D eigenvalue weighted by Gasteiger charge is 2.29. The Labute approximate surface area is 102 Å². The van der Waals surface area contributed by atoms with E-state index in [1.807, 2.05) is 4.90 Å². The van der Waals surface area contributed by atoms with E-state index in [-0.39, 0.29) is 10.7 Å². The lowest BCUT2D eigenvalue weighted by Crippen LogP contribution is -2.46. The van der Waals surface area contributed by atoms with Crippen molar-refractivity contribution in [3.05, 3.63) is 0 Å². The molecule has 15 heavy (non-hydrogen) atoms. The Kier molecular flexibility index (Phi) is 4.63. The average Bonchev–Trinajstić information content (AvgIpc) is 2.13. The van der Waals surface area contributed by atoms with Crippen LogP contribution in [0.3, 0.4) is 0 Å². The second-order valence-electron chi connectivity index (χ2n) is 5.34. The van der Waals surface area contributed by atoms with Gasteiger partial charge in [0.2, 0.25) is 5.91 Å². The summed E-state index contributed by atoms with van der Waals surface area (Å²) in [5.41, 5.74) is 0. The molecule has 1 rings (SSSR count). The lowest BCUT2D eigenvalue weighted by Gasteiger charge is -2.36. The maximum absolute atomic E-state index is 12.1. The lowest BCUT2D eigenvalue weighted by molar-refractivity contribution is -0.133. The fourth-order valence-corrected chi connectivity index (χ4v) is 2.59. The van der Waals surface area contributed by atoms with E-state index >= 15 is 0 Å². The number of halogens is 1. The molecule has 1 aliphatic heterocycles. The summed E-state index contributed by atoms with van der Waals surface area (Å²) < 4.78 is 0. The molecule has 88 valence electrons. The number of carbonyl (C=O) groups is 1. The number of nitrogens with zero attached hydrogens (tertiary/aromatic N) is 1. The van der Waals surface area contributed by atoms with E-state index in [0.29, 0.717) is 17.8 Å². The van der Waals surface area contributed by atoms with Gasteiger partial charge in [0.15, 0.2) is 0 Å². The molecule has 0 unspecified atom stereocenters. The number of carbonyl (C=O) groups excluding carboxylic acids is 1. The molecule has 0 aromatic rings. The first-order chi connectivity index (χ1) is 6.91. The maximum atomic E-state index is 12.1. The van der Waals surface area contributed by atoms with Crippen LogP contribution in [-0.4, -0.2) is 28.7 Å². The van der Waals surface area contributed by atoms with Gasteiger partial charge < -0.3 is 4.90 Å². The molecule has 0 aliphatic carbocycles. The van der Waals surface area contributed by atoms with Gasteiger partial charge in [0.1, 0.15) is 0 Å². The van der Waals surface area contributed by atoms with Crippen molar-refractivity contribution in [1.29, 1.82) is 0 Å². The molecule has 1 aliphatic rings. The van der Waals surface area contributed by atoms with Crippen molar-refractivity contribution in [1.82, 2.24) is 4.90 Å². The van der Waals surface area contributed by atoms with Crippen molar-refractivity contribution in [3.8, 4) is 0 Å². The average molecular weight is 276 g/mol. The van der Waals surface area contributed by atoms with Crippen molar-refractivity contribution < 1.29 is 4.79 Å². The van der Waals surface area contributed by atoms with Crippen LogP contribution >= 0.6 is 15.9 Å². The summed E-state index contributed by atoms with van der Waals surface area (Å²) in [6, 6.07) is 0. The van der Waals surface area contributed by atoms with Crippen molar-refractivity contribution in [3.63, 3.8) is 0 Å². The maximum Gasteiger partial charge on any atom is 0.236 e. The van der Waals surface area contributed by atoms with Crippen molar-refractivity contribution in [2.75, 3.05) is 13.1 Å². The summed E-state index contributed by atoms with van der Waals surface area (Å²) in [6.07, 6.45) is 1.25. The smallest absolute Gasteiger partial charge is 0.236 e. The second-order valence-corrected chi connectivity index (χ2v) is 6.32. The van der Waals surface area contributed by atoms with E-state index in [2.05, 4.69) is 43.6 Å². The van der Waals surface area contributed by atoms with E-state index in [1.54, 1.807) is 0 Å². The van der Waals surface area contributed by atoms with Gasteiger partial charge in [0, 0.05) is 13.1 Å². The van der Waals surface area contributed by atoms with Crippen LogP contribution in [0.2, 0.25) is 0 Å². The van der Waals surface area contributed by atoms with E-state index in [9.17, 15) is 4.79 Å². The van der Waals surface area contributed by atoms with Crippen LogP contribution in [-0.2, 0) is 4.79 Å². The monoisotopic (exact) mass is 275 g/mol. The summed E-state index contributed by atoms with van der Waals surface area (Å²) in [4.78, 5) is 14.1. The van der Waals surface area contributed by atoms with Gasteiger partial charge in [-0.15, -0.1) is 0 Å². The predicted molar refractivity (Wildman–Crippen MR) is 67.1 cm³/mol. The molecule has 3 atom stereocenters. The van der Waals surface area contributed by atoms with E-state index < -0.39 is 0 Å². The number of hydrogen-bond acceptors (Lipinski definition) is 1. The first-order valence-corrected chi connectivity index (χ1v) is 6.76. The molecule has 3 heteroatoms. The molecule has 0 spiro atoms. The standard InChI is InChI=1S/C12H22BrNO/c1-8(2)11(13)12(15)14-6-9(3)5-10(4)7-14/h8-11H,5-7H2,1-4H3/t9-,10-,11+/m0/s1. The Morgan fingerprint density at radius 2 is 1.73 bits per heavy atom. The molecule has 1 heterocycles. The van der Waals surface area contributed by atoms with Gasteiger partial charge in [-0.1, -0.05) is 43.6 Å². The quantitative estimate of drug-likeness (QED) is 0.710. The molecule has 0 N–H and O–H groups in total. The molecule has 0 saturated carbocycles. The number of hydrogen-bond donors (Lipinski definition) is 0. The number of rotatable bonds is 2. The van der Waals surface area contributed by atoms with Crippen molar-refractivity contribution in [2.24, 2.45) is 17.8 Å². The third-order valence-electron chi connectivity index (χ3n) is 3.00. The Balaban J connectivity index is 2.59. The van der Waals surface area contributed by atoms with Gasteiger partial charge in [-0.3, -0.25) is 4.79 Å². The topological polar surface area (TPSA) is 20.3 Å². The minimum atomic E-state index is -0.0185. The molecule has 0 aromatic carbocycles. The predicted octanol–water partition coefficient (Wildman–Crippen LogP) is 2.91. The van der Waals surface area contributed by atoms with Crippen molar-refractivity contribution in [2.45, 2.75) is 38.9 Å². The first kappa shape index (κ1) is 13.0. The van der Waals surface area contributed by atoms with Gasteiger partial charge in [-0.05, 0) is 24.2 Å². The van der Waals surface area contributed by atoms with Gasteiger partial charge in [0.25, 0.3) is 0 Å². The van der Waals surface area contributed by atoms with Crippen LogP contribution in [0.5, 0.6) is 0 Å². The summed E-state index contributed by atoms with van der Waals surface area (Å²) in [5, 5.41) is 0. The third kappa shape index (κ3) is 3.47. The fourth-order valence-electron chi connectivity index (χ4n) is 2.30. The van der Waals surface area contributed by atoms with Crippen LogP contribution < -0.4 is 0 Å². The third-order valence-corrected chi connectivity index (χ3v) is 4.45. The summed E-state index contributed by atoms with van der Waals surface area (Å²) >= 11 is 3.49. The minimum Gasteiger partial charge on any atom is -0.341 e. The van der Waals surface area contributed by atoms with Crippen LogP contribution in [0, 0.1) is 17.8 Å². The highest BCUT2D eigenvalue weighted by Crippen LogP contribution is 2.24. The van der Waals surface area contributed by atoms with Crippen LogP contribution in [0.15, 0.2) is 0 Å². The molecule has 0 aromatic heterocycles. The van der Waals surface area contributed by atoms with E-state index in [1.165, 1.54) is 6.42 Å². The van der Waals surface area contributed by atoms with Crippen LogP contribution in [0.1, 0.15) is 34.1 Å². The molecule has 1 amide bonds. The lowest BCUT2D eigenvalue weighted by atomic mass is 9.91. The number of amides is 1. The molecular weight excluding hydrogens is 254 g/mol. The SMILES string of the molecule is CC(C)[C@@H](Br)C(=O)N1C[C@@H](C)C[C@H](C)C1. The molecular formula is C12H22BrNO. The second kappa shape index (κ2) is 5.33. The van der Waals surface area contributed by atoms with Crippen LogP contribution in [0.25, 0.3) is 0 Å². The Morgan fingerprint density at radius 3 is 2.13 bits per heavy atom. The summed E-state index contributed by atoms with van der Waals surface area (Å²) in [6.45, 7) is 10.5. The zero-order chi connectivity index (χ0) is 11.6. The van der Waals surface area contributed by atoms with Gasteiger partial charge in [-0.25, -0.2) is 0 Å².